The van der Waals surface area contributed by atoms with Crippen molar-refractivity contribution in [3.8, 4) is 0 Å². The molecule has 0 atom stereocenters. The fourth-order valence-electron chi connectivity index (χ4n) is 5.13. The van der Waals surface area contributed by atoms with Crippen molar-refractivity contribution in [2.45, 2.75) is 51.4 Å². The van der Waals surface area contributed by atoms with E-state index in [-0.39, 0.29) is 0 Å². The maximum Gasteiger partial charge on any atom is 0.000442 e. The molecule has 3 N–H and O–H groups in total. The number of nitrogens with one attached hydrogen (secondary N) is 3. The maximum absolute atomic E-state index is 3.35. The van der Waals surface area contributed by atoms with Crippen LogP contribution in [0.5, 0.6) is 0 Å². The van der Waals surface area contributed by atoms with Gasteiger partial charge in [-0.05, 0) is 109 Å². The van der Waals surface area contributed by atoms with E-state index in [0.29, 0.717) is 0 Å². The van der Waals surface area contributed by atoms with Gasteiger partial charge in [-0.3, -0.25) is 0 Å². The average Bonchev–Trinajstić information content (AvgIpc) is 3.60. The largest absolute Gasteiger partial charge is 0.368 e. The van der Waals surface area contributed by atoms with Gasteiger partial charge in [0.15, 0.2) is 0 Å². The van der Waals surface area contributed by atoms with E-state index >= 15 is 0 Å². The lowest BCUT2D eigenvalue weighted by Gasteiger charge is -2.18. The number of rotatable bonds is 0. The van der Waals surface area contributed by atoms with Crippen LogP contribution in [0, 0.1) is 0 Å². The maximum atomic E-state index is 3.35. The van der Waals surface area contributed by atoms with Crippen molar-refractivity contribution in [3.05, 3.63) is 133 Å². The Balaban J connectivity index is 0.000000139. The lowest BCUT2D eigenvalue weighted by Crippen LogP contribution is -2.12. The number of fused-ring (bicyclic) bond motifs is 5. The molecule has 0 unspecified atom stereocenters. The minimum atomic E-state index is 1.25. The molecule has 0 saturated carbocycles. The fourth-order valence-corrected chi connectivity index (χ4v) is 5.13. The van der Waals surface area contributed by atoms with Gasteiger partial charge in [0.2, 0.25) is 0 Å². The molecule has 202 valence electrons. The Labute approximate surface area is 234 Å². The van der Waals surface area contributed by atoms with E-state index in [9.17, 15) is 0 Å². The second kappa shape index (κ2) is 16.9. The minimum Gasteiger partial charge on any atom is -0.368 e. The van der Waals surface area contributed by atoms with Crippen LogP contribution in [-0.4, -0.2) is 13.1 Å². The topological polar surface area (TPSA) is 36.1 Å². The first-order valence-corrected chi connectivity index (χ1v) is 14.6. The van der Waals surface area contributed by atoms with E-state index in [2.05, 4.69) is 64.5 Å². The first-order valence-electron chi connectivity index (χ1n) is 14.6. The zero-order valence-electron chi connectivity index (χ0n) is 23.1. The number of hydrogen-bond acceptors (Lipinski definition) is 3. The van der Waals surface area contributed by atoms with Gasteiger partial charge in [0.1, 0.15) is 0 Å². The molecule has 3 nitrogen and oxygen atoms in total. The summed E-state index contributed by atoms with van der Waals surface area (Å²) in [7, 11) is 0. The van der Waals surface area contributed by atoms with Gasteiger partial charge in [-0.15, -0.1) is 0 Å². The number of aryl methyl sites for hydroxylation is 2. The molecule has 0 radical (unpaired) electrons. The van der Waals surface area contributed by atoms with E-state index in [0.717, 1.165) is 0 Å². The molecule has 3 aromatic carbocycles. The van der Waals surface area contributed by atoms with Crippen LogP contribution < -0.4 is 16.0 Å². The fraction of sp³-hybridized carbons (Fsp3) is 0.278. The highest BCUT2D eigenvalue weighted by molar-refractivity contribution is 6.08. The number of hydrogen-bond donors (Lipinski definition) is 3. The van der Waals surface area contributed by atoms with Crippen LogP contribution in [0.15, 0.2) is 122 Å². The van der Waals surface area contributed by atoms with Crippen molar-refractivity contribution in [1.82, 2.24) is 16.0 Å². The summed E-state index contributed by atoms with van der Waals surface area (Å²) < 4.78 is 0. The Kier molecular flexibility index (Phi) is 12.2. The summed E-state index contributed by atoms with van der Waals surface area (Å²) >= 11 is 0. The van der Waals surface area contributed by atoms with Gasteiger partial charge in [-0.2, -0.15) is 0 Å². The average molecular weight is 518 g/mol. The van der Waals surface area contributed by atoms with Crippen LogP contribution in [-0.2, 0) is 12.8 Å². The third-order valence-electron chi connectivity index (χ3n) is 7.15. The van der Waals surface area contributed by atoms with Gasteiger partial charge in [0.25, 0.3) is 0 Å². The smallest absolute Gasteiger partial charge is 0.000442 e. The molecule has 1 aliphatic carbocycles. The third-order valence-corrected chi connectivity index (χ3v) is 7.15. The highest BCUT2D eigenvalue weighted by Gasteiger charge is 2.13. The van der Waals surface area contributed by atoms with Gasteiger partial charge >= 0.3 is 0 Å². The monoisotopic (exact) mass is 517 g/mol. The summed E-state index contributed by atoms with van der Waals surface area (Å²) in [4.78, 5) is 0. The standard InChI is InChI=1S/C18H16.C6H13N.2C6H7N/c1-3-7-15-13(5-1)9-11-18-16-8-4-2-6-14(16)10-12-17(15)18;3*1-2-4-6-7-5-3-1/h1,3,5,7,9-12H,2,4,6,8H2;7H,1-6H2;2*1-7H. The summed E-state index contributed by atoms with van der Waals surface area (Å²) in [6.07, 6.45) is 34.0. The molecular weight excluding hydrogens is 474 g/mol. The quantitative estimate of drug-likeness (QED) is 0.262. The second-order valence-corrected chi connectivity index (χ2v) is 10.00. The van der Waals surface area contributed by atoms with Crippen molar-refractivity contribution in [2.24, 2.45) is 0 Å². The number of benzene rings is 3. The molecule has 4 aliphatic rings. The van der Waals surface area contributed by atoms with Gasteiger partial charge < -0.3 is 16.0 Å². The normalized spacial score (nSPS) is 16.9. The molecule has 3 heteroatoms. The zero-order valence-corrected chi connectivity index (χ0v) is 23.1. The Morgan fingerprint density at radius 3 is 1.69 bits per heavy atom. The minimum absolute atomic E-state index is 1.25. The molecular formula is C36H43N3. The van der Waals surface area contributed by atoms with Crippen LogP contribution in [0.3, 0.4) is 0 Å². The first-order chi connectivity index (χ1) is 19.4. The Hall–Kier alpha value is -3.82. The van der Waals surface area contributed by atoms with Gasteiger partial charge in [0.05, 0.1) is 0 Å². The lowest BCUT2D eigenvalue weighted by atomic mass is 9.86. The van der Waals surface area contributed by atoms with Crippen LogP contribution in [0.1, 0.15) is 49.7 Å². The highest BCUT2D eigenvalue weighted by Crippen LogP contribution is 2.33. The van der Waals surface area contributed by atoms with Crippen molar-refractivity contribution in [2.75, 3.05) is 13.1 Å². The van der Waals surface area contributed by atoms with E-state index in [1.165, 1.54) is 86.0 Å². The van der Waals surface area contributed by atoms with Crippen molar-refractivity contribution >= 4 is 21.5 Å². The van der Waals surface area contributed by atoms with Gasteiger partial charge in [-0.1, -0.05) is 85.7 Å². The Morgan fingerprint density at radius 1 is 0.436 bits per heavy atom. The number of allylic oxidation sites excluding steroid dienone is 8. The van der Waals surface area contributed by atoms with E-state index < -0.39 is 0 Å². The van der Waals surface area contributed by atoms with Gasteiger partial charge in [-0.25, -0.2) is 0 Å². The summed E-state index contributed by atoms with van der Waals surface area (Å²) in [5, 5.41) is 14.8. The molecule has 7 rings (SSSR count). The second-order valence-electron chi connectivity index (χ2n) is 10.00. The van der Waals surface area contributed by atoms with Crippen LogP contribution in [0.4, 0.5) is 0 Å². The van der Waals surface area contributed by atoms with Crippen LogP contribution >= 0.6 is 0 Å². The summed E-state index contributed by atoms with van der Waals surface area (Å²) in [6.45, 7) is 2.50. The summed E-state index contributed by atoms with van der Waals surface area (Å²) in [5.74, 6) is 0. The molecule has 0 aromatic heterocycles. The van der Waals surface area contributed by atoms with Crippen molar-refractivity contribution in [3.63, 3.8) is 0 Å². The molecule has 39 heavy (non-hydrogen) atoms. The highest BCUT2D eigenvalue weighted by atomic mass is 14.8. The van der Waals surface area contributed by atoms with Crippen LogP contribution in [0.2, 0.25) is 0 Å². The molecule has 1 saturated heterocycles. The lowest BCUT2D eigenvalue weighted by molar-refractivity contribution is 0.690. The van der Waals surface area contributed by atoms with E-state index in [1.54, 1.807) is 11.1 Å². The Morgan fingerprint density at radius 2 is 1.03 bits per heavy atom. The molecule has 3 aliphatic heterocycles. The predicted molar refractivity (Wildman–Crippen MR) is 171 cm³/mol. The molecule has 1 fully saturated rings. The molecule has 0 amide bonds. The van der Waals surface area contributed by atoms with E-state index in [1.807, 2.05) is 73.4 Å². The molecule has 3 aromatic rings. The van der Waals surface area contributed by atoms with E-state index in [4.69, 9.17) is 0 Å². The predicted octanol–water partition coefficient (Wildman–Crippen LogP) is 8.37. The first kappa shape index (κ1) is 28.2. The third kappa shape index (κ3) is 9.46. The Bertz CT molecular complexity index is 1260. The summed E-state index contributed by atoms with van der Waals surface area (Å²) in [6, 6.07) is 18.0. The molecule has 0 spiro atoms. The van der Waals surface area contributed by atoms with Gasteiger partial charge in [0, 0.05) is 24.8 Å². The van der Waals surface area contributed by atoms with Crippen molar-refractivity contribution < 1.29 is 0 Å². The molecule has 3 heterocycles. The zero-order chi connectivity index (χ0) is 26.8. The SMILES string of the molecule is C1=CC=CNC=C1.C1=CC=CNC=C1.C1CCCNCC1.c1ccc2c(c1)ccc1c3c(ccc12)CCCC3. The van der Waals surface area contributed by atoms with Crippen molar-refractivity contribution in [1.29, 1.82) is 0 Å². The molecule has 0 bridgehead atoms. The summed E-state index contributed by atoms with van der Waals surface area (Å²) in [5.41, 5.74) is 3.17. The van der Waals surface area contributed by atoms with Crippen LogP contribution in [0.25, 0.3) is 21.5 Å².